The molecule has 0 saturated carbocycles. The minimum atomic E-state index is 0.514. The number of rotatable bonds is 7. The number of hydroxylamine groups is 2. The van der Waals surface area contributed by atoms with Gasteiger partial charge >= 0.3 is 0 Å². The van der Waals surface area contributed by atoms with Gasteiger partial charge in [0.25, 0.3) is 0 Å². The van der Waals surface area contributed by atoms with E-state index in [1.54, 1.807) is 7.11 Å². The summed E-state index contributed by atoms with van der Waals surface area (Å²) < 4.78 is 16.9. The average Bonchev–Trinajstić information content (AvgIpc) is 2.53. The van der Waals surface area contributed by atoms with Gasteiger partial charge in [0.05, 0.1) is 20.3 Å². The molecule has 6 nitrogen and oxygen atoms in total. The number of methoxy groups -OCH3 is 1. The van der Waals surface area contributed by atoms with Crippen molar-refractivity contribution in [2.75, 3.05) is 46.5 Å². The van der Waals surface area contributed by atoms with Crippen LogP contribution in [0.4, 0.5) is 0 Å². The Morgan fingerprint density at radius 3 is 2.32 bits per heavy atom. The minimum absolute atomic E-state index is 0.514. The largest absolute Gasteiger partial charge is 0.490 e. The summed E-state index contributed by atoms with van der Waals surface area (Å²) in [6.45, 7) is 10.3. The van der Waals surface area contributed by atoms with Crippen molar-refractivity contribution in [3.63, 3.8) is 0 Å². The first kappa shape index (κ1) is 16.7. The molecule has 0 unspecified atom stereocenters. The summed E-state index contributed by atoms with van der Waals surface area (Å²) in [6, 6.07) is 3.20. The Kier molecular flexibility index (Phi) is 6.15. The second-order valence-electron chi connectivity index (χ2n) is 4.91. The molecule has 22 heavy (non-hydrogen) atoms. The van der Waals surface area contributed by atoms with Crippen LogP contribution in [0.5, 0.6) is 23.0 Å². The lowest BCUT2D eigenvalue weighted by atomic mass is 10.1. The van der Waals surface area contributed by atoms with Crippen LogP contribution in [-0.2, 0) is 0 Å². The Hall–Kier alpha value is -1.66. The first-order valence-electron chi connectivity index (χ1n) is 7.74. The molecule has 1 aromatic rings. The van der Waals surface area contributed by atoms with Crippen LogP contribution < -0.4 is 24.4 Å². The van der Waals surface area contributed by atoms with Crippen LogP contribution in [0.15, 0.2) is 0 Å². The van der Waals surface area contributed by atoms with E-state index in [1.165, 1.54) is 0 Å². The molecule has 0 bridgehead atoms. The highest BCUT2D eigenvalue weighted by Crippen LogP contribution is 2.46. The fraction of sp³-hybridized carbons (Fsp3) is 0.625. The molecule has 1 radical (unpaired) electrons. The zero-order valence-corrected chi connectivity index (χ0v) is 13.8. The summed E-state index contributed by atoms with van der Waals surface area (Å²) in [7, 11) is 1.61. The molecule has 1 aliphatic rings. The van der Waals surface area contributed by atoms with Crippen molar-refractivity contribution in [2.24, 2.45) is 0 Å². The SMILES string of the molecule is CCOc1[c]c(C)c(ON2CCNCC2)c(OC)c1OCC. The van der Waals surface area contributed by atoms with Crippen molar-refractivity contribution in [1.29, 1.82) is 0 Å². The molecule has 1 aromatic carbocycles. The van der Waals surface area contributed by atoms with Crippen molar-refractivity contribution in [2.45, 2.75) is 20.8 Å². The number of hydrogen-bond acceptors (Lipinski definition) is 6. The van der Waals surface area contributed by atoms with E-state index in [-0.39, 0.29) is 0 Å². The van der Waals surface area contributed by atoms with Crippen molar-refractivity contribution >= 4 is 0 Å². The quantitative estimate of drug-likeness (QED) is 0.829. The predicted octanol–water partition coefficient (Wildman–Crippen LogP) is 1.80. The topological polar surface area (TPSA) is 52.2 Å². The van der Waals surface area contributed by atoms with Gasteiger partial charge in [-0.25, -0.2) is 0 Å². The van der Waals surface area contributed by atoms with Crippen LogP contribution in [0.25, 0.3) is 0 Å². The molecule has 1 fully saturated rings. The Balaban J connectivity index is 2.36. The van der Waals surface area contributed by atoms with Gasteiger partial charge in [-0.05, 0) is 20.8 Å². The molecular formula is C16H25N2O4. The van der Waals surface area contributed by atoms with Gasteiger partial charge in [0, 0.05) is 37.8 Å². The number of piperazine rings is 1. The van der Waals surface area contributed by atoms with E-state index in [0.717, 1.165) is 31.7 Å². The van der Waals surface area contributed by atoms with Gasteiger partial charge in [-0.15, -0.1) is 5.06 Å². The number of ether oxygens (including phenoxy) is 3. The fourth-order valence-corrected chi connectivity index (χ4v) is 2.34. The molecule has 0 aromatic heterocycles. The van der Waals surface area contributed by atoms with E-state index in [4.69, 9.17) is 19.0 Å². The summed E-state index contributed by atoms with van der Waals surface area (Å²) in [5.41, 5.74) is 0.835. The van der Waals surface area contributed by atoms with Gasteiger partial charge < -0.3 is 24.4 Å². The summed E-state index contributed by atoms with van der Waals surface area (Å²) in [5, 5.41) is 5.22. The smallest absolute Gasteiger partial charge is 0.210 e. The highest BCUT2D eigenvalue weighted by atomic mass is 16.7. The van der Waals surface area contributed by atoms with Gasteiger partial charge in [-0.2, -0.15) is 0 Å². The van der Waals surface area contributed by atoms with Crippen LogP contribution in [0.1, 0.15) is 19.4 Å². The predicted molar refractivity (Wildman–Crippen MR) is 84.0 cm³/mol. The first-order chi connectivity index (χ1) is 10.7. The molecule has 0 aliphatic carbocycles. The Morgan fingerprint density at radius 1 is 1.05 bits per heavy atom. The molecule has 2 rings (SSSR count). The molecule has 0 atom stereocenters. The minimum Gasteiger partial charge on any atom is -0.490 e. The number of hydrogen-bond donors (Lipinski definition) is 1. The maximum Gasteiger partial charge on any atom is 0.210 e. The van der Waals surface area contributed by atoms with Gasteiger partial charge in [-0.3, -0.25) is 0 Å². The third-order valence-electron chi connectivity index (χ3n) is 3.34. The lowest BCUT2D eigenvalue weighted by Gasteiger charge is -2.28. The summed E-state index contributed by atoms with van der Waals surface area (Å²) >= 11 is 0. The monoisotopic (exact) mass is 309 g/mol. The number of aryl methyl sites for hydroxylation is 1. The van der Waals surface area contributed by atoms with E-state index in [2.05, 4.69) is 11.4 Å². The highest BCUT2D eigenvalue weighted by Gasteiger charge is 2.24. The Labute approximate surface area is 132 Å². The molecule has 1 saturated heterocycles. The summed E-state index contributed by atoms with van der Waals surface area (Å²) in [5.74, 6) is 2.30. The van der Waals surface area contributed by atoms with Crippen LogP contribution in [-0.4, -0.2) is 51.6 Å². The maximum absolute atomic E-state index is 6.03. The molecule has 6 heteroatoms. The normalized spacial score (nSPS) is 15.5. The van der Waals surface area contributed by atoms with Crippen LogP contribution in [0, 0.1) is 13.0 Å². The third kappa shape index (κ3) is 3.75. The second-order valence-corrected chi connectivity index (χ2v) is 4.91. The first-order valence-corrected chi connectivity index (χ1v) is 7.74. The number of benzene rings is 1. The van der Waals surface area contributed by atoms with E-state index in [0.29, 0.717) is 36.2 Å². The average molecular weight is 309 g/mol. The van der Waals surface area contributed by atoms with Crippen LogP contribution in [0.3, 0.4) is 0 Å². The van der Waals surface area contributed by atoms with Gasteiger partial charge in [-0.1, -0.05) is 0 Å². The van der Waals surface area contributed by atoms with Gasteiger partial charge in [0.2, 0.25) is 11.5 Å². The number of nitrogens with zero attached hydrogens (tertiary/aromatic N) is 1. The standard InChI is InChI=1S/C16H25N2O4/c1-5-20-13-11-12(3)14(16(19-4)15(13)21-6-2)22-18-9-7-17-8-10-18/h17H,5-10H2,1-4H3. The second kappa shape index (κ2) is 8.10. The van der Waals surface area contributed by atoms with Crippen molar-refractivity contribution in [3.8, 4) is 23.0 Å². The van der Waals surface area contributed by atoms with Gasteiger partial charge in [0.1, 0.15) is 0 Å². The molecule has 0 amide bonds. The highest BCUT2D eigenvalue weighted by molar-refractivity contribution is 5.61. The Bertz CT molecular complexity index is 488. The van der Waals surface area contributed by atoms with Crippen molar-refractivity contribution in [3.05, 3.63) is 11.6 Å². The molecule has 1 heterocycles. The van der Waals surface area contributed by atoms with E-state index < -0.39 is 0 Å². The summed E-state index contributed by atoms with van der Waals surface area (Å²) in [4.78, 5) is 6.03. The summed E-state index contributed by atoms with van der Waals surface area (Å²) in [6.07, 6.45) is 0. The lowest BCUT2D eigenvalue weighted by Crippen LogP contribution is -2.45. The van der Waals surface area contributed by atoms with Crippen molar-refractivity contribution < 1.29 is 19.0 Å². The van der Waals surface area contributed by atoms with Gasteiger partial charge in [0.15, 0.2) is 11.5 Å². The molecule has 1 aliphatic heterocycles. The molecule has 123 valence electrons. The molecule has 1 N–H and O–H groups in total. The van der Waals surface area contributed by atoms with Crippen molar-refractivity contribution in [1.82, 2.24) is 10.4 Å². The van der Waals surface area contributed by atoms with Crippen LogP contribution >= 0.6 is 0 Å². The molecular weight excluding hydrogens is 284 g/mol. The zero-order chi connectivity index (χ0) is 15.9. The maximum atomic E-state index is 6.03. The van der Waals surface area contributed by atoms with E-state index in [9.17, 15) is 0 Å². The third-order valence-corrected chi connectivity index (χ3v) is 3.34. The lowest BCUT2D eigenvalue weighted by molar-refractivity contribution is -0.0689. The van der Waals surface area contributed by atoms with E-state index >= 15 is 0 Å². The molecule has 0 spiro atoms. The fourth-order valence-electron chi connectivity index (χ4n) is 2.34. The van der Waals surface area contributed by atoms with Crippen LogP contribution in [0.2, 0.25) is 0 Å². The Morgan fingerprint density at radius 2 is 1.73 bits per heavy atom. The van der Waals surface area contributed by atoms with E-state index in [1.807, 2.05) is 25.8 Å². The number of nitrogens with one attached hydrogen (secondary N) is 1. The zero-order valence-electron chi connectivity index (χ0n) is 13.8.